The van der Waals surface area contributed by atoms with E-state index >= 15 is 0 Å². The third-order valence-electron chi connectivity index (χ3n) is 4.18. The molecule has 1 aliphatic heterocycles. The number of carbonyl (C=O) groups excluding carboxylic acids is 1. The fourth-order valence-electron chi connectivity index (χ4n) is 2.89. The number of hydrogen-bond donors (Lipinski definition) is 0. The molecule has 132 valence electrons. The van der Waals surface area contributed by atoms with Crippen molar-refractivity contribution in [1.82, 2.24) is 4.90 Å². The molecule has 0 aromatic heterocycles. The summed E-state index contributed by atoms with van der Waals surface area (Å²) in [5, 5.41) is -0.0430. The molecule has 1 atom stereocenters. The van der Waals surface area contributed by atoms with Crippen LogP contribution in [0.25, 0.3) is 0 Å². The number of rotatable bonds is 6. The maximum Gasteiger partial charge on any atom is 0.234 e. The highest BCUT2D eigenvalue weighted by Crippen LogP contribution is 2.41. The summed E-state index contributed by atoms with van der Waals surface area (Å²) in [5.74, 6) is 2.86. The van der Waals surface area contributed by atoms with Gasteiger partial charge in [-0.2, -0.15) is 0 Å². The molecule has 0 N–H and O–H groups in total. The average Bonchev–Trinajstić information content (AvgIpc) is 3.02. The number of hydrogen-bond acceptors (Lipinski definition) is 5. The third-order valence-corrected chi connectivity index (χ3v) is 5.43. The lowest BCUT2D eigenvalue weighted by Crippen LogP contribution is -2.27. The molecule has 2 aromatic carbocycles. The largest absolute Gasteiger partial charge is 0.497 e. The lowest BCUT2D eigenvalue weighted by atomic mass is 10.1. The van der Waals surface area contributed by atoms with Gasteiger partial charge < -0.3 is 19.1 Å². The van der Waals surface area contributed by atoms with E-state index in [0.717, 1.165) is 28.4 Å². The first-order valence-electron chi connectivity index (χ1n) is 7.92. The van der Waals surface area contributed by atoms with E-state index in [0.29, 0.717) is 12.3 Å². The van der Waals surface area contributed by atoms with E-state index in [2.05, 4.69) is 0 Å². The van der Waals surface area contributed by atoms with Gasteiger partial charge in [0.2, 0.25) is 5.91 Å². The van der Waals surface area contributed by atoms with E-state index in [4.69, 9.17) is 14.2 Å². The maximum atomic E-state index is 12.5. The van der Waals surface area contributed by atoms with Gasteiger partial charge in [-0.3, -0.25) is 4.79 Å². The second-order valence-electron chi connectivity index (χ2n) is 5.64. The number of carbonyl (C=O) groups is 1. The predicted octanol–water partition coefficient (Wildman–Crippen LogP) is 3.49. The first kappa shape index (κ1) is 17.5. The van der Waals surface area contributed by atoms with Crippen LogP contribution in [0.15, 0.2) is 42.5 Å². The summed E-state index contributed by atoms with van der Waals surface area (Å²) in [4.78, 5) is 14.3. The lowest BCUT2D eigenvalue weighted by Gasteiger charge is -2.25. The van der Waals surface area contributed by atoms with Crippen molar-refractivity contribution in [1.29, 1.82) is 0 Å². The topological polar surface area (TPSA) is 48.0 Å². The second kappa shape index (κ2) is 7.70. The Morgan fingerprint density at radius 2 is 1.80 bits per heavy atom. The van der Waals surface area contributed by atoms with Crippen molar-refractivity contribution in [2.75, 3.05) is 27.1 Å². The Balaban J connectivity index is 1.90. The summed E-state index contributed by atoms with van der Waals surface area (Å²) in [6, 6.07) is 13.5. The molecule has 1 amide bonds. The number of ether oxygens (including phenoxy) is 3. The van der Waals surface area contributed by atoms with E-state index < -0.39 is 0 Å². The number of amides is 1. The Labute approximate surface area is 151 Å². The normalized spacial score (nSPS) is 16.8. The van der Waals surface area contributed by atoms with Crippen LogP contribution in [0.1, 0.15) is 16.5 Å². The Morgan fingerprint density at radius 3 is 2.52 bits per heavy atom. The molecular weight excluding hydrogens is 338 g/mol. The van der Waals surface area contributed by atoms with E-state index in [9.17, 15) is 4.79 Å². The number of benzene rings is 2. The molecule has 0 saturated carbocycles. The van der Waals surface area contributed by atoms with E-state index in [-0.39, 0.29) is 11.3 Å². The van der Waals surface area contributed by atoms with Gasteiger partial charge in [0.1, 0.15) is 22.6 Å². The van der Waals surface area contributed by atoms with Crippen LogP contribution in [0.4, 0.5) is 0 Å². The van der Waals surface area contributed by atoms with Crippen LogP contribution in [0.2, 0.25) is 0 Å². The van der Waals surface area contributed by atoms with Crippen molar-refractivity contribution in [3.05, 3.63) is 53.6 Å². The van der Waals surface area contributed by atoms with Crippen LogP contribution in [-0.2, 0) is 11.3 Å². The van der Waals surface area contributed by atoms with Gasteiger partial charge in [0, 0.05) is 5.56 Å². The molecule has 0 aliphatic carbocycles. The van der Waals surface area contributed by atoms with Crippen molar-refractivity contribution in [2.24, 2.45) is 0 Å². The van der Waals surface area contributed by atoms with Crippen LogP contribution in [0.5, 0.6) is 17.2 Å². The zero-order valence-corrected chi connectivity index (χ0v) is 15.3. The van der Waals surface area contributed by atoms with Crippen molar-refractivity contribution in [2.45, 2.75) is 11.9 Å². The predicted molar refractivity (Wildman–Crippen MR) is 98.3 cm³/mol. The van der Waals surface area contributed by atoms with Gasteiger partial charge in [-0.15, -0.1) is 11.8 Å². The Morgan fingerprint density at radius 1 is 1.04 bits per heavy atom. The van der Waals surface area contributed by atoms with Gasteiger partial charge in [0.15, 0.2) is 0 Å². The van der Waals surface area contributed by atoms with Crippen molar-refractivity contribution >= 4 is 17.7 Å². The molecule has 5 nitrogen and oxygen atoms in total. The standard InChI is InChI=1S/C19H21NO4S/c1-22-15-6-4-5-13(9-15)19-20(18(21)12-25-19)11-14-10-16(23-2)7-8-17(14)24-3/h4-10,19H,11-12H2,1-3H3. The van der Waals surface area contributed by atoms with Gasteiger partial charge in [-0.25, -0.2) is 0 Å². The van der Waals surface area contributed by atoms with Crippen LogP contribution in [0.3, 0.4) is 0 Å². The first-order valence-corrected chi connectivity index (χ1v) is 8.97. The average molecular weight is 359 g/mol. The monoisotopic (exact) mass is 359 g/mol. The Kier molecular flexibility index (Phi) is 5.38. The fourth-order valence-corrected chi connectivity index (χ4v) is 4.06. The highest BCUT2D eigenvalue weighted by atomic mass is 32.2. The van der Waals surface area contributed by atoms with Crippen molar-refractivity contribution in [3.63, 3.8) is 0 Å². The van der Waals surface area contributed by atoms with E-state index in [1.165, 1.54) is 0 Å². The van der Waals surface area contributed by atoms with Gasteiger partial charge in [0.25, 0.3) is 0 Å². The van der Waals surface area contributed by atoms with Gasteiger partial charge in [-0.05, 0) is 35.9 Å². The zero-order valence-electron chi connectivity index (χ0n) is 14.5. The number of nitrogens with zero attached hydrogens (tertiary/aromatic N) is 1. The summed E-state index contributed by atoms with van der Waals surface area (Å²) in [7, 11) is 4.90. The van der Waals surface area contributed by atoms with Crippen LogP contribution in [0, 0.1) is 0 Å². The first-order chi connectivity index (χ1) is 12.2. The summed E-state index contributed by atoms with van der Waals surface area (Å²) >= 11 is 1.62. The van der Waals surface area contributed by atoms with Crippen molar-refractivity contribution < 1.29 is 19.0 Å². The van der Waals surface area contributed by atoms with Crippen molar-refractivity contribution in [3.8, 4) is 17.2 Å². The van der Waals surface area contributed by atoms with Crippen LogP contribution in [-0.4, -0.2) is 37.9 Å². The zero-order chi connectivity index (χ0) is 17.8. The molecule has 6 heteroatoms. The highest BCUT2D eigenvalue weighted by Gasteiger charge is 2.33. The number of methoxy groups -OCH3 is 3. The molecule has 1 fully saturated rings. The molecule has 0 spiro atoms. The van der Waals surface area contributed by atoms with Gasteiger partial charge in [0.05, 0.1) is 33.6 Å². The molecule has 1 saturated heterocycles. The van der Waals surface area contributed by atoms with E-state index in [1.54, 1.807) is 33.1 Å². The maximum absolute atomic E-state index is 12.5. The minimum atomic E-state index is -0.0430. The second-order valence-corrected chi connectivity index (χ2v) is 6.71. The van der Waals surface area contributed by atoms with Gasteiger partial charge >= 0.3 is 0 Å². The molecule has 2 aromatic rings. The third kappa shape index (κ3) is 3.69. The summed E-state index contributed by atoms with van der Waals surface area (Å²) < 4.78 is 16.1. The molecule has 25 heavy (non-hydrogen) atoms. The van der Waals surface area contributed by atoms with Crippen LogP contribution >= 0.6 is 11.8 Å². The molecule has 1 aliphatic rings. The fraction of sp³-hybridized carbons (Fsp3) is 0.316. The summed E-state index contributed by atoms with van der Waals surface area (Å²) in [6.07, 6.45) is 0. The quantitative estimate of drug-likeness (QED) is 0.790. The Hall–Kier alpha value is -2.34. The van der Waals surface area contributed by atoms with Gasteiger partial charge in [-0.1, -0.05) is 12.1 Å². The lowest BCUT2D eigenvalue weighted by molar-refractivity contribution is -0.128. The molecular formula is C19H21NO4S. The minimum Gasteiger partial charge on any atom is -0.497 e. The summed E-state index contributed by atoms with van der Waals surface area (Å²) in [5.41, 5.74) is 1.97. The SMILES string of the molecule is COc1cccc(C2SCC(=O)N2Cc2cc(OC)ccc2OC)c1. The minimum absolute atomic E-state index is 0.0430. The molecule has 1 unspecified atom stereocenters. The number of thioether (sulfide) groups is 1. The molecule has 3 rings (SSSR count). The highest BCUT2D eigenvalue weighted by molar-refractivity contribution is 8.00. The molecule has 0 radical (unpaired) electrons. The molecule has 1 heterocycles. The molecule has 0 bridgehead atoms. The smallest absolute Gasteiger partial charge is 0.234 e. The summed E-state index contributed by atoms with van der Waals surface area (Å²) in [6.45, 7) is 0.466. The van der Waals surface area contributed by atoms with E-state index in [1.807, 2.05) is 47.4 Å². The Bertz CT molecular complexity index is 765. The van der Waals surface area contributed by atoms with Crippen LogP contribution < -0.4 is 14.2 Å².